The van der Waals surface area contributed by atoms with Gasteiger partial charge in [-0.1, -0.05) is 6.92 Å². The van der Waals surface area contributed by atoms with Gasteiger partial charge >= 0.3 is 0 Å². The van der Waals surface area contributed by atoms with Crippen LogP contribution in [0.25, 0.3) is 16.9 Å². The summed E-state index contributed by atoms with van der Waals surface area (Å²) < 4.78 is 1.56. The number of carbonyl (C=O) groups excluding carboxylic acids is 2. The Kier molecular flexibility index (Phi) is 4.69. The number of hydrogen-bond acceptors (Lipinski definition) is 5. The second-order valence-electron chi connectivity index (χ2n) is 10.4. The van der Waals surface area contributed by atoms with Crippen molar-refractivity contribution in [1.82, 2.24) is 24.8 Å². The second-order valence-corrected chi connectivity index (χ2v) is 10.4. The number of carbonyl (C=O) groups is 2. The molecule has 0 saturated heterocycles. The molecule has 176 valence electrons. The van der Waals surface area contributed by atoms with Crippen LogP contribution in [0.3, 0.4) is 0 Å². The number of rotatable bonds is 5. The number of hydrogen-bond donors (Lipinski definition) is 2. The molecule has 0 bridgehead atoms. The van der Waals surface area contributed by atoms with Gasteiger partial charge in [-0.15, -0.1) is 5.10 Å². The topological polar surface area (TPSA) is 106 Å². The number of aryl methyl sites for hydroxylation is 1. The molecule has 8 nitrogen and oxygen atoms in total. The predicted octanol–water partition coefficient (Wildman–Crippen LogP) is 3.57. The Morgan fingerprint density at radius 2 is 2.03 bits per heavy atom. The van der Waals surface area contributed by atoms with Crippen molar-refractivity contribution < 1.29 is 9.59 Å². The first kappa shape index (κ1) is 21.1. The molecule has 8 heteroatoms. The summed E-state index contributed by atoms with van der Waals surface area (Å²) in [7, 11) is 0. The zero-order chi connectivity index (χ0) is 23.7. The van der Waals surface area contributed by atoms with E-state index in [9.17, 15) is 9.59 Å². The average molecular weight is 459 g/mol. The minimum absolute atomic E-state index is 0.134. The van der Waals surface area contributed by atoms with Crippen LogP contribution in [0.5, 0.6) is 0 Å². The number of benzene rings is 1. The van der Waals surface area contributed by atoms with Crippen molar-refractivity contribution in [3.63, 3.8) is 0 Å². The summed E-state index contributed by atoms with van der Waals surface area (Å²) in [5, 5.41) is 7.36. The van der Waals surface area contributed by atoms with Gasteiger partial charge in [-0.25, -0.2) is 9.50 Å². The Hall–Kier alpha value is -3.42. The van der Waals surface area contributed by atoms with Crippen molar-refractivity contribution >= 4 is 23.3 Å². The predicted molar refractivity (Wildman–Crippen MR) is 129 cm³/mol. The third-order valence-corrected chi connectivity index (χ3v) is 7.77. The number of nitrogen functional groups attached to an aromatic ring is 1. The molecule has 2 fully saturated rings. The molecule has 2 aliphatic carbocycles. The SMILES string of the molecule is Cc1cc(-c2ccn3nc(N)c(C(=O)NC4CC(C)C4)c3n2)cc2c1C(=O)N(C(C)C1CC1)C2. The van der Waals surface area contributed by atoms with Crippen molar-refractivity contribution in [3.05, 3.63) is 46.6 Å². The van der Waals surface area contributed by atoms with Crippen LogP contribution in [0.1, 0.15) is 71.4 Å². The molecule has 6 rings (SSSR count). The Balaban J connectivity index is 1.34. The third-order valence-electron chi connectivity index (χ3n) is 7.77. The smallest absolute Gasteiger partial charge is 0.259 e. The molecule has 2 aromatic heterocycles. The zero-order valence-electron chi connectivity index (χ0n) is 19.8. The van der Waals surface area contributed by atoms with Gasteiger partial charge in [-0.2, -0.15) is 0 Å². The molecular weight excluding hydrogens is 428 g/mol. The number of amides is 2. The van der Waals surface area contributed by atoms with E-state index in [4.69, 9.17) is 10.7 Å². The van der Waals surface area contributed by atoms with E-state index in [1.54, 1.807) is 10.7 Å². The lowest BCUT2D eigenvalue weighted by Crippen LogP contribution is -2.43. The van der Waals surface area contributed by atoms with Crippen LogP contribution in [0.15, 0.2) is 24.4 Å². The second kappa shape index (κ2) is 7.55. The molecule has 2 amide bonds. The van der Waals surface area contributed by atoms with Gasteiger partial charge in [0.2, 0.25) is 0 Å². The number of nitrogens with two attached hydrogens (primary N) is 1. The standard InChI is InChI=1S/C26H30N6O2/c1-13-8-19(9-13)28-25(33)22-23(27)30-32-7-6-20(29-24(22)32)17-10-14(2)21-18(11-17)12-31(26(21)34)15(3)16-4-5-16/h6-7,10-11,13,15-16,19H,4-5,8-9,12H2,1-3H3,(H2,27,30)(H,28,33). The Bertz CT molecular complexity index is 1330. The summed E-state index contributed by atoms with van der Waals surface area (Å²) in [6, 6.07) is 6.39. The largest absolute Gasteiger partial charge is 0.381 e. The third kappa shape index (κ3) is 3.35. The van der Waals surface area contributed by atoms with E-state index in [0.717, 1.165) is 40.8 Å². The van der Waals surface area contributed by atoms with E-state index >= 15 is 0 Å². The molecule has 0 radical (unpaired) electrons. The van der Waals surface area contributed by atoms with Crippen LogP contribution in [-0.2, 0) is 6.54 Å². The normalized spacial score (nSPS) is 22.6. The molecule has 1 unspecified atom stereocenters. The van der Waals surface area contributed by atoms with Crippen molar-refractivity contribution in [1.29, 1.82) is 0 Å². The first-order chi connectivity index (χ1) is 16.3. The Morgan fingerprint density at radius 1 is 1.26 bits per heavy atom. The lowest BCUT2D eigenvalue weighted by atomic mass is 9.82. The number of aromatic nitrogens is 3. The van der Waals surface area contributed by atoms with Crippen molar-refractivity contribution in [3.8, 4) is 11.3 Å². The fourth-order valence-corrected chi connectivity index (χ4v) is 5.60. The van der Waals surface area contributed by atoms with E-state index in [0.29, 0.717) is 29.6 Å². The molecular formula is C26H30N6O2. The van der Waals surface area contributed by atoms with E-state index in [-0.39, 0.29) is 29.7 Å². The lowest BCUT2D eigenvalue weighted by Gasteiger charge is -2.33. The van der Waals surface area contributed by atoms with Gasteiger partial charge in [0.05, 0.1) is 5.69 Å². The molecule has 2 saturated carbocycles. The monoisotopic (exact) mass is 458 g/mol. The summed E-state index contributed by atoms with van der Waals surface area (Å²) in [4.78, 5) is 32.9. The van der Waals surface area contributed by atoms with E-state index in [2.05, 4.69) is 30.3 Å². The average Bonchev–Trinajstić information content (AvgIpc) is 3.49. The van der Waals surface area contributed by atoms with Gasteiger partial charge in [0.1, 0.15) is 5.56 Å². The molecule has 1 aromatic carbocycles. The lowest BCUT2D eigenvalue weighted by molar-refractivity contribution is 0.0696. The number of fused-ring (bicyclic) bond motifs is 2. The van der Waals surface area contributed by atoms with Crippen LogP contribution in [0.2, 0.25) is 0 Å². The van der Waals surface area contributed by atoms with E-state index in [1.165, 1.54) is 12.8 Å². The molecule has 1 aliphatic heterocycles. The highest BCUT2D eigenvalue weighted by molar-refractivity contribution is 6.04. The van der Waals surface area contributed by atoms with Gasteiger partial charge < -0.3 is 16.0 Å². The highest BCUT2D eigenvalue weighted by atomic mass is 16.2. The highest BCUT2D eigenvalue weighted by Gasteiger charge is 2.39. The first-order valence-corrected chi connectivity index (χ1v) is 12.2. The summed E-state index contributed by atoms with van der Waals surface area (Å²) in [5.41, 5.74) is 11.3. The number of nitrogens with one attached hydrogen (secondary N) is 1. The van der Waals surface area contributed by atoms with Gasteiger partial charge in [-0.05, 0) is 80.7 Å². The number of nitrogens with zero attached hydrogens (tertiary/aromatic N) is 4. The van der Waals surface area contributed by atoms with Gasteiger partial charge in [0, 0.05) is 36.0 Å². The molecule has 3 aliphatic rings. The fraction of sp³-hybridized carbons (Fsp3) is 0.462. The summed E-state index contributed by atoms with van der Waals surface area (Å²) in [6.07, 6.45) is 6.16. The van der Waals surface area contributed by atoms with Crippen molar-refractivity contribution in [2.45, 2.75) is 65.1 Å². The summed E-state index contributed by atoms with van der Waals surface area (Å²) in [6.45, 7) is 6.96. The Morgan fingerprint density at radius 3 is 2.74 bits per heavy atom. The minimum atomic E-state index is -0.227. The maximum Gasteiger partial charge on any atom is 0.259 e. The van der Waals surface area contributed by atoms with Crippen molar-refractivity contribution in [2.24, 2.45) is 11.8 Å². The van der Waals surface area contributed by atoms with Gasteiger partial charge in [0.25, 0.3) is 11.8 Å². The van der Waals surface area contributed by atoms with Crippen LogP contribution in [-0.4, -0.2) is 43.4 Å². The number of anilines is 1. The zero-order valence-corrected chi connectivity index (χ0v) is 19.8. The minimum Gasteiger partial charge on any atom is -0.381 e. The maximum atomic E-state index is 13.1. The molecule has 3 aromatic rings. The Labute approximate surface area is 198 Å². The fourth-order valence-electron chi connectivity index (χ4n) is 5.60. The quantitative estimate of drug-likeness (QED) is 0.608. The van der Waals surface area contributed by atoms with E-state index < -0.39 is 0 Å². The van der Waals surface area contributed by atoms with Crippen LogP contribution in [0, 0.1) is 18.8 Å². The van der Waals surface area contributed by atoms with Gasteiger partial charge in [0.15, 0.2) is 11.5 Å². The van der Waals surface area contributed by atoms with Crippen LogP contribution in [0.4, 0.5) is 5.82 Å². The molecule has 3 heterocycles. The summed E-state index contributed by atoms with van der Waals surface area (Å²) in [5.74, 6) is 1.34. The van der Waals surface area contributed by atoms with E-state index in [1.807, 2.05) is 24.0 Å². The van der Waals surface area contributed by atoms with Crippen LogP contribution < -0.4 is 11.1 Å². The maximum absolute atomic E-state index is 13.1. The van der Waals surface area contributed by atoms with Gasteiger partial charge in [-0.3, -0.25) is 9.59 Å². The molecule has 3 N–H and O–H groups in total. The molecule has 0 spiro atoms. The summed E-state index contributed by atoms with van der Waals surface area (Å²) >= 11 is 0. The molecule has 1 atom stereocenters. The van der Waals surface area contributed by atoms with Crippen molar-refractivity contribution in [2.75, 3.05) is 5.73 Å². The molecule has 34 heavy (non-hydrogen) atoms. The van der Waals surface area contributed by atoms with Crippen LogP contribution >= 0.6 is 0 Å². The first-order valence-electron chi connectivity index (χ1n) is 12.2. The highest BCUT2D eigenvalue weighted by Crippen LogP contribution is 2.39.